The first-order chi connectivity index (χ1) is 13.1. The van der Waals surface area contributed by atoms with E-state index in [4.69, 9.17) is 5.21 Å². The smallest absolute Gasteiger partial charge is 0.274 e. The SMILES string of the molecule is O=C(NO)c1ccc(Cn2cccc(C(=O)Nc3ccccc3)c2=O)cc1. The van der Waals surface area contributed by atoms with Crippen molar-refractivity contribution in [2.45, 2.75) is 6.54 Å². The van der Waals surface area contributed by atoms with Crippen molar-refractivity contribution in [3.63, 3.8) is 0 Å². The second-order valence-electron chi connectivity index (χ2n) is 5.81. The molecule has 27 heavy (non-hydrogen) atoms. The van der Waals surface area contributed by atoms with E-state index in [0.29, 0.717) is 11.3 Å². The molecule has 0 unspecified atom stereocenters. The van der Waals surface area contributed by atoms with Crippen LogP contribution in [0.4, 0.5) is 5.69 Å². The highest BCUT2D eigenvalue weighted by Gasteiger charge is 2.13. The van der Waals surface area contributed by atoms with Crippen LogP contribution in [0, 0.1) is 0 Å². The molecule has 0 radical (unpaired) electrons. The van der Waals surface area contributed by atoms with Crippen molar-refractivity contribution in [1.29, 1.82) is 0 Å². The van der Waals surface area contributed by atoms with Crippen molar-refractivity contribution in [2.75, 3.05) is 5.32 Å². The third-order valence-corrected chi connectivity index (χ3v) is 3.97. The molecule has 3 rings (SSSR count). The van der Waals surface area contributed by atoms with Crippen molar-refractivity contribution in [1.82, 2.24) is 10.0 Å². The first-order valence-corrected chi connectivity index (χ1v) is 8.17. The molecule has 2 aromatic carbocycles. The van der Waals surface area contributed by atoms with Gasteiger partial charge in [-0.3, -0.25) is 19.6 Å². The molecule has 0 bridgehead atoms. The Hall–Kier alpha value is -3.71. The van der Waals surface area contributed by atoms with Crippen molar-refractivity contribution in [3.05, 3.63) is 100.0 Å². The zero-order valence-corrected chi connectivity index (χ0v) is 14.3. The Balaban J connectivity index is 1.79. The van der Waals surface area contributed by atoms with Gasteiger partial charge in [0, 0.05) is 17.4 Å². The van der Waals surface area contributed by atoms with Gasteiger partial charge in [-0.2, -0.15) is 0 Å². The fourth-order valence-electron chi connectivity index (χ4n) is 2.58. The van der Waals surface area contributed by atoms with Gasteiger partial charge < -0.3 is 9.88 Å². The number of hydrogen-bond acceptors (Lipinski definition) is 4. The summed E-state index contributed by atoms with van der Waals surface area (Å²) in [6.45, 7) is 0.242. The van der Waals surface area contributed by atoms with E-state index < -0.39 is 17.4 Å². The molecule has 0 aliphatic rings. The number of anilines is 1. The maximum absolute atomic E-state index is 12.6. The summed E-state index contributed by atoms with van der Waals surface area (Å²) in [4.78, 5) is 36.4. The Morgan fingerprint density at radius 3 is 2.26 bits per heavy atom. The number of benzene rings is 2. The monoisotopic (exact) mass is 363 g/mol. The van der Waals surface area contributed by atoms with Gasteiger partial charge in [0.05, 0.1) is 6.54 Å². The third kappa shape index (κ3) is 4.28. The van der Waals surface area contributed by atoms with E-state index in [2.05, 4.69) is 5.32 Å². The summed E-state index contributed by atoms with van der Waals surface area (Å²) in [5.74, 6) is -1.09. The standard InChI is InChI=1S/C20H17N3O4/c24-18(22-27)15-10-8-14(9-11-15)13-23-12-4-7-17(20(23)26)19(25)21-16-5-2-1-3-6-16/h1-12,27H,13H2,(H,21,25)(H,22,24). The summed E-state index contributed by atoms with van der Waals surface area (Å²) in [5, 5.41) is 11.3. The molecule has 0 aliphatic heterocycles. The van der Waals surface area contributed by atoms with E-state index >= 15 is 0 Å². The minimum absolute atomic E-state index is 0.0395. The van der Waals surface area contributed by atoms with Gasteiger partial charge in [0.1, 0.15) is 5.56 Å². The van der Waals surface area contributed by atoms with Gasteiger partial charge in [-0.1, -0.05) is 30.3 Å². The predicted octanol–water partition coefficient (Wildman–Crippen LogP) is 2.27. The third-order valence-electron chi connectivity index (χ3n) is 3.97. The molecule has 136 valence electrons. The zero-order valence-electron chi connectivity index (χ0n) is 14.3. The fraction of sp³-hybridized carbons (Fsp3) is 0.0500. The summed E-state index contributed by atoms with van der Waals surface area (Å²) >= 11 is 0. The molecule has 2 amide bonds. The number of carbonyl (C=O) groups is 2. The largest absolute Gasteiger partial charge is 0.322 e. The first kappa shape index (κ1) is 18.1. The molecule has 3 N–H and O–H groups in total. The van der Waals surface area contributed by atoms with Gasteiger partial charge in [-0.15, -0.1) is 0 Å². The molecule has 1 heterocycles. The highest BCUT2D eigenvalue weighted by molar-refractivity contribution is 6.03. The lowest BCUT2D eigenvalue weighted by atomic mass is 10.1. The minimum Gasteiger partial charge on any atom is -0.322 e. The van der Waals surface area contributed by atoms with Crippen LogP contribution in [0.15, 0.2) is 77.7 Å². The van der Waals surface area contributed by atoms with E-state index in [1.165, 1.54) is 22.8 Å². The molecule has 0 spiro atoms. The van der Waals surface area contributed by atoms with Crippen LogP contribution in [0.3, 0.4) is 0 Å². The summed E-state index contributed by atoms with van der Waals surface area (Å²) < 4.78 is 1.42. The van der Waals surface area contributed by atoms with Gasteiger partial charge in [-0.05, 0) is 42.0 Å². The molecule has 0 saturated heterocycles. The van der Waals surface area contributed by atoms with Crippen LogP contribution in [0.1, 0.15) is 26.3 Å². The Kier molecular flexibility index (Phi) is 5.44. The normalized spacial score (nSPS) is 10.3. The summed E-state index contributed by atoms with van der Waals surface area (Å²) in [5.41, 5.74) is 2.86. The maximum atomic E-state index is 12.6. The van der Waals surface area contributed by atoms with Crippen molar-refractivity contribution in [3.8, 4) is 0 Å². The Morgan fingerprint density at radius 2 is 1.59 bits per heavy atom. The lowest BCUT2D eigenvalue weighted by Crippen LogP contribution is -2.29. The number of aromatic nitrogens is 1. The van der Waals surface area contributed by atoms with Crippen LogP contribution in [-0.2, 0) is 6.54 Å². The zero-order chi connectivity index (χ0) is 19.2. The van der Waals surface area contributed by atoms with Crippen LogP contribution in [0.2, 0.25) is 0 Å². The molecule has 7 nitrogen and oxygen atoms in total. The summed E-state index contributed by atoms with van der Waals surface area (Å²) in [6, 6.07) is 18.4. The van der Waals surface area contributed by atoms with E-state index in [1.807, 2.05) is 6.07 Å². The molecule has 0 fully saturated rings. The first-order valence-electron chi connectivity index (χ1n) is 8.17. The number of nitrogens with one attached hydrogen (secondary N) is 2. The Morgan fingerprint density at radius 1 is 0.889 bits per heavy atom. The quantitative estimate of drug-likeness (QED) is 0.478. The van der Waals surface area contributed by atoms with E-state index in [0.717, 1.165) is 5.56 Å². The van der Waals surface area contributed by atoms with Gasteiger partial charge >= 0.3 is 0 Å². The van der Waals surface area contributed by atoms with Crippen molar-refractivity contribution in [2.24, 2.45) is 0 Å². The van der Waals surface area contributed by atoms with Gasteiger partial charge in [0.15, 0.2) is 0 Å². The number of para-hydroxylation sites is 1. The summed E-state index contributed by atoms with van der Waals surface area (Å²) in [6.07, 6.45) is 1.59. The van der Waals surface area contributed by atoms with Gasteiger partial charge in [-0.25, -0.2) is 5.48 Å². The van der Waals surface area contributed by atoms with Crippen LogP contribution in [0.5, 0.6) is 0 Å². The van der Waals surface area contributed by atoms with Crippen LogP contribution in [-0.4, -0.2) is 21.6 Å². The summed E-state index contributed by atoms with van der Waals surface area (Å²) in [7, 11) is 0. The molecule has 3 aromatic rings. The molecule has 7 heteroatoms. The fourth-order valence-corrected chi connectivity index (χ4v) is 2.58. The highest BCUT2D eigenvalue weighted by atomic mass is 16.5. The Bertz CT molecular complexity index is 1010. The minimum atomic E-state index is -0.613. The molecular weight excluding hydrogens is 346 g/mol. The topological polar surface area (TPSA) is 100 Å². The van der Waals surface area contributed by atoms with E-state index in [-0.39, 0.29) is 12.1 Å². The number of rotatable bonds is 5. The average molecular weight is 363 g/mol. The second kappa shape index (κ2) is 8.11. The second-order valence-corrected chi connectivity index (χ2v) is 5.81. The number of hydrogen-bond donors (Lipinski definition) is 3. The average Bonchev–Trinajstić information content (AvgIpc) is 2.70. The molecular formula is C20H17N3O4. The van der Waals surface area contributed by atoms with Crippen molar-refractivity contribution >= 4 is 17.5 Å². The maximum Gasteiger partial charge on any atom is 0.274 e. The van der Waals surface area contributed by atoms with Crippen LogP contribution >= 0.6 is 0 Å². The Labute approximate surface area is 154 Å². The number of pyridine rings is 1. The van der Waals surface area contributed by atoms with E-state index in [1.54, 1.807) is 54.1 Å². The van der Waals surface area contributed by atoms with Crippen LogP contribution in [0.25, 0.3) is 0 Å². The lowest BCUT2D eigenvalue weighted by molar-refractivity contribution is 0.0706. The highest BCUT2D eigenvalue weighted by Crippen LogP contribution is 2.08. The van der Waals surface area contributed by atoms with Crippen LogP contribution < -0.4 is 16.4 Å². The number of hydroxylamine groups is 1. The molecule has 0 atom stereocenters. The van der Waals surface area contributed by atoms with Gasteiger partial charge in [0.25, 0.3) is 17.4 Å². The predicted molar refractivity (Wildman–Crippen MR) is 99.9 cm³/mol. The number of carbonyl (C=O) groups excluding carboxylic acids is 2. The molecule has 1 aromatic heterocycles. The van der Waals surface area contributed by atoms with E-state index in [9.17, 15) is 14.4 Å². The molecule has 0 saturated carbocycles. The number of nitrogens with zero attached hydrogens (tertiary/aromatic N) is 1. The lowest BCUT2D eigenvalue weighted by Gasteiger charge is -2.09. The van der Waals surface area contributed by atoms with Crippen molar-refractivity contribution < 1.29 is 14.8 Å². The number of amides is 2. The van der Waals surface area contributed by atoms with Gasteiger partial charge in [0.2, 0.25) is 0 Å². The molecule has 0 aliphatic carbocycles.